The van der Waals surface area contributed by atoms with E-state index in [9.17, 15) is 18.5 Å². The first kappa shape index (κ1) is 15.4. The van der Waals surface area contributed by atoms with Gasteiger partial charge in [-0.25, -0.2) is 8.42 Å². The first-order chi connectivity index (χ1) is 9.79. The van der Waals surface area contributed by atoms with E-state index in [0.29, 0.717) is 10.0 Å². The number of halogens is 1. The number of pyridine rings is 1. The zero-order valence-electron chi connectivity index (χ0n) is 10.8. The molecule has 1 aromatic heterocycles. The summed E-state index contributed by atoms with van der Waals surface area (Å²) in [6.07, 6.45) is 2.68. The molecule has 0 aliphatic heterocycles. The van der Waals surface area contributed by atoms with Crippen LogP contribution in [0.4, 0.5) is 11.4 Å². The molecule has 0 aliphatic rings. The van der Waals surface area contributed by atoms with E-state index in [1.54, 1.807) is 6.92 Å². The van der Waals surface area contributed by atoms with Gasteiger partial charge in [0.1, 0.15) is 4.90 Å². The Kier molecular flexibility index (Phi) is 4.24. The van der Waals surface area contributed by atoms with E-state index in [1.807, 2.05) is 0 Å². The predicted molar refractivity (Wildman–Crippen MR) is 80.6 cm³/mol. The summed E-state index contributed by atoms with van der Waals surface area (Å²) >= 11 is 3.15. The highest BCUT2D eigenvalue weighted by Gasteiger charge is 2.17. The van der Waals surface area contributed by atoms with Crippen molar-refractivity contribution in [1.29, 1.82) is 0 Å². The van der Waals surface area contributed by atoms with Crippen molar-refractivity contribution in [1.82, 2.24) is 4.98 Å². The number of sulfonamides is 1. The Hall–Kier alpha value is -2.00. The Balaban J connectivity index is 2.35. The van der Waals surface area contributed by atoms with Crippen LogP contribution in [0, 0.1) is 17.0 Å². The maximum atomic E-state index is 12.2. The lowest BCUT2D eigenvalue weighted by atomic mass is 10.2. The van der Waals surface area contributed by atoms with Gasteiger partial charge in [-0.1, -0.05) is 0 Å². The largest absolute Gasteiger partial charge is 0.279 e. The number of hydrogen-bond donors (Lipinski definition) is 1. The number of nitro benzene ring substituents is 1. The predicted octanol–water partition coefficient (Wildman–Crippen LogP) is 2.86. The van der Waals surface area contributed by atoms with Crippen molar-refractivity contribution >= 4 is 37.3 Å². The Bertz CT molecular complexity index is 808. The first-order valence-corrected chi connectivity index (χ1v) is 7.95. The van der Waals surface area contributed by atoms with Gasteiger partial charge < -0.3 is 0 Å². The van der Waals surface area contributed by atoms with Crippen LogP contribution >= 0.6 is 15.9 Å². The van der Waals surface area contributed by atoms with Gasteiger partial charge in [0.15, 0.2) is 0 Å². The fourth-order valence-electron chi connectivity index (χ4n) is 1.62. The molecule has 0 bridgehead atoms. The van der Waals surface area contributed by atoms with Crippen LogP contribution in [0.1, 0.15) is 5.56 Å². The van der Waals surface area contributed by atoms with Crippen LogP contribution in [0.15, 0.2) is 46.0 Å². The van der Waals surface area contributed by atoms with Crippen LogP contribution in [0.2, 0.25) is 0 Å². The lowest BCUT2D eigenvalue weighted by molar-refractivity contribution is -0.384. The van der Waals surface area contributed by atoms with E-state index >= 15 is 0 Å². The third-order valence-electron chi connectivity index (χ3n) is 2.66. The first-order valence-electron chi connectivity index (χ1n) is 5.68. The van der Waals surface area contributed by atoms with Crippen molar-refractivity contribution in [3.8, 4) is 0 Å². The quantitative estimate of drug-likeness (QED) is 0.657. The Morgan fingerprint density at radius 3 is 2.57 bits per heavy atom. The second-order valence-electron chi connectivity index (χ2n) is 4.20. The molecule has 110 valence electrons. The molecule has 21 heavy (non-hydrogen) atoms. The topological polar surface area (TPSA) is 102 Å². The summed E-state index contributed by atoms with van der Waals surface area (Å²) in [7, 11) is -3.80. The molecular weight excluding hydrogens is 362 g/mol. The van der Waals surface area contributed by atoms with Gasteiger partial charge in [-0.2, -0.15) is 0 Å². The fraction of sp³-hybridized carbons (Fsp3) is 0.0833. The summed E-state index contributed by atoms with van der Waals surface area (Å²) in [5.74, 6) is 0. The van der Waals surface area contributed by atoms with Gasteiger partial charge in [0.2, 0.25) is 0 Å². The number of nitrogens with zero attached hydrogens (tertiary/aromatic N) is 2. The smallest absolute Gasteiger partial charge is 0.269 e. The fourth-order valence-corrected chi connectivity index (χ4v) is 3.25. The van der Waals surface area contributed by atoms with Crippen LogP contribution in [0.3, 0.4) is 0 Å². The number of nitro groups is 1. The number of non-ortho nitro benzene ring substituents is 1. The van der Waals surface area contributed by atoms with Gasteiger partial charge in [-0.3, -0.25) is 19.8 Å². The van der Waals surface area contributed by atoms with Gasteiger partial charge in [0.05, 0.1) is 10.6 Å². The zero-order chi connectivity index (χ0) is 15.6. The average Bonchev–Trinajstić information content (AvgIpc) is 2.40. The molecule has 0 saturated carbocycles. The van der Waals surface area contributed by atoms with Gasteiger partial charge >= 0.3 is 0 Å². The maximum absolute atomic E-state index is 12.2. The third kappa shape index (κ3) is 3.56. The molecule has 0 spiro atoms. The van der Waals surface area contributed by atoms with Crippen molar-refractivity contribution in [2.24, 2.45) is 0 Å². The monoisotopic (exact) mass is 371 g/mol. The average molecular weight is 372 g/mol. The minimum absolute atomic E-state index is 0.00497. The van der Waals surface area contributed by atoms with Crippen LogP contribution < -0.4 is 4.72 Å². The Morgan fingerprint density at radius 1 is 1.29 bits per heavy atom. The van der Waals surface area contributed by atoms with Crippen LogP contribution in [-0.2, 0) is 10.0 Å². The van der Waals surface area contributed by atoms with E-state index in [4.69, 9.17) is 0 Å². The molecule has 9 heteroatoms. The number of rotatable bonds is 4. The number of aromatic nitrogens is 1. The van der Waals surface area contributed by atoms with E-state index in [2.05, 4.69) is 25.6 Å². The van der Waals surface area contributed by atoms with Crippen LogP contribution in [0.5, 0.6) is 0 Å². The maximum Gasteiger partial charge on any atom is 0.269 e. The highest BCUT2D eigenvalue weighted by atomic mass is 79.9. The Labute approximate surface area is 129 Å². The lowest BCUT2D eigenvalue weighted by Gasteiger charge is -2.10. The molecule has 0 aliphatic carbocycles. The second kappa shape index (κ2) is 5.78. The van der Waals surface area contributed by atoms with Crippen LogP contribution in [-0.4, -0.2) is 18.3 Å². The van der Waals surface area contributed by atoms with E-state index in [-0.39, 0.29) is 16.3 Å². The van der Waals surface area contributed by atoms with Crippen molar-refractivity contribution in [2.75, 3.05) is 4.72 Å². The summed E-state index contributed by atoms with van der Waals surface area (Å²) in [6.45, 7) is 1.59. The molecule has 0 unspecified atom stereocenters. The highest BCUT2D eigenvalue weighted by molar-refractivity contribution is 9.10. The van der Waals surface area contributed by atoms with Crippen molar-refractivity contribution in [3.05, 3.63) is 56.8 Å². The number of anilines is 1. The molecule has 2 aromatic rings. The van der Waals surface area contributed by atoms with Gasteiger partial charge in [-0.05, 0) is 40.5 Å². The Morgan fingerprint density at radius 2 is 2.00 bits per heavy atom. The molecule has 0 radical (unpaired) electrons. The molecule has 0 fully saturated rings. The zero-order valence-corrected chi connectivity index (χ0v) is 13.2. The number of nitrogens with one attached hydrogen (secondary N) is 1. The molecule has 1 aromatic carbocycles. The van der Waals surface area contributed by atoms with Crippen LogP contribution in [0.25, 0.3) is 0 Å². The minimum atomic E-state index is -3.80. The summed E-state index contributed by atoms with van der Waals surface area (Å²) in [4.78, 5) is 13.9. The molecule has 0 saturated heterocycles. The summed E-state index contributed by atoms with van der Waals surface area (Å²) in [5.41, 5.74) is 0.635. The van der Waals surface area contributed by atoms with E-state index in [1.165, 1.54) is 36.7 Å². The van der Waals surface area contributed by atoms with Crippen molar-refractivity contribution < 1.29 is 13.3 Å². The highest BCUT2D eigenvalue weighted by Crippen LogP contribution is 2.24. The van der Waals surface area contributed by atoms with Crippen molar-refractivity contribution in [3.63, 3.8) is 0 Å². The molecular formula is C12H10BrN3O4S. The second-order valence-corrected chi connectivity index (χ2v) is 6.80. The SMILES string of the molecule is Cc1cc([N+](=O)[O-])ccc1NS(=O)(=O)c1cncc(Br)c1. The molecule has 0 atom stereocenters. The number of hydrogen-bond acceptors (Lipinski definition) is 5. The van der Waals surface area contributed by atoms with E-state index < -0.39 is 14.9 Å². The normalized spacial score (nSPS) is 11.1. The number of aryl methyl sites for hydroxylation is 1. The molecule has 7 nitrogen and oxygen atoms in total. The third-order valence-corrected chi connectivity index (χ3v) is 4.42. The molecule has 1 heterocycles. The summed E-state index contributed by atoms with van der Waals surface area (Å²) in [6, 6.07) is 5.31. The van der Waals surface area contributed by atoms with Gasteiger partial charge in [0, 0.05) is 29.0 Å². The summed E-state index contributed by atoms with van der Waals surface area (Å²) < 4.78 is 27.4. The molecule has 2 rings (SSSR count). The van der Waals surface area contributed by atoms with Gasteiger partial charge in [-0.15, -0.1) is 0 Å². The van der Waals surface area contributed by atoms with Crippen molar-refractivity contribution in [2.45, 2.75) is 11.8 Å². The molecule has 1 N–H and O–H groups in total. The standard InChI is InChI=1S/C12H10BrN3O4S/c1-8-4-10(16(17)18)2-3-12(8)15-21(19,20)11-5-9(13)6-14-7-11/h2-7,15H,1H3. The lowest BCUT2D eigenvalue weighted by Crippen LogP contribution is -2.14. The minimum Gasteiger partial charge on any atom is -0.279 e. The molecule has 0 amide bonds. The van der Waals surface area contributed by atoms with Gasteiger partial charge in [0.25, 0.3) is 15.7 Å². The number of benzene rings is 1. The van der Waals surface area contributed by atoms with E-state index in [0.717, 1.165) is 0 Å². The summed E-state index contributed by atoms with van der Waals surface area (Å²) in [5, 5.41) is 10.7.